The van der Waals surface area contributed by atoms with Crippen LogP contribution in [0.3, 0.4) is 0 Å². The molecule has 0 heterocycles. The number of nitrogens with two attached hydrogens (primary N) is 1. The Bertz CT molecular complexity index is 393. The average molecular weight is 288 g/mol. The number of esters is 1. The third kappa shape index (κ3) is 2.66. The van der Waals surface area contributed by atoms with E-state index in [2.05, 4.69) is 15.9 Å². The fourth-order valence-electron chi connectivity index (χ4n) is 1.22. The molecule has 5 heteroatoms. The zero-order valence-corrected chi connectivity index (χ0v) is 10.8. The number of ether oxygens (including phenoxy) is 2. The summed E-state index contributed by atoms with van der Waals surface area (Å²) >= 11 is 3.26. The van der Waals surface area contributed by atoms with Crippen molar-refractivity contribution in [3.05, 3.63) is 22.2 Å². The van der Waals surface area contributed by atoms with Crippen molar-refractivity contribution in [2.45, 2.75) is 13.3 Å². The molecule has 1 rings (SSSR count). The molecule has 1 aromatic rings. The molecule has 0 aliphatic carbocycles. The van der Waals surface area contributed by atoms with Crippen LogP contribution >= 0.6 is 15.9 Å². The fraction of sp³-hybridized carbons (Fsp3) is 0.364. The lowest BCUT2D eigenvalue weighted by atomic mass is 10.1. The van der Waals surface area contributed by atoms with Crippen LogP contribution in [0, 0.1) is 0 Å². The standard InChI is InChI=1S/C11H14BrNO3/c1-3-6-16-11(14)9-8(15-2)5-4-7(12)10(9)13/h4-5H,3,6,13H2,1-2H3. The number of carbonyl (C=O) groups is 1. The highest BCUT2D eigenvalue weighted by Gasteiger charge is 2.19. The molecule has 0 unspecified atom stereocenters. The van der Waals surface area contributed by atoms with E-state index in [-0.39, 0.29) is 5.56 Å². The topological polar surface area (TPSA) is 61.5 Å². The van der Waals surface area contributed by atoms with Gasteiger partial charge in [0.2, 0.25) is 0 Å². The fourth-order valence-corrected chi connectivity index (χ4v) is 1.55. The van der Waals surface area contributed by atoms with Crippen molar-refractivity contribution in [2.24, 2.45) is 0 Å². The molecule has 0 amide bonds. The van der Waals surface area contributed by atoms with Crippen LogP contribution in [0.5, 0.6) is 5.75 Å². The molecule has 0 saturated heterocycles. The number of nitrogen functional groups attached to an aromatic ring is 1. The minimum absolute atomic E-state index is 0.269. The SMILES string of the molecule is CCCOC(=O)c1c(OC)ccc(Br)c1N. The lowest BCUT2D eigenvalue weighted by Crippen LogP contribution is -2.11. The molecule has 0 aliphatic rings. The van der Waals surface area contributed by atoms with Crippen molar-refractivity contribution < 1.29 is 14.3 Å². The Balaban J connectivity index is 3.09. The molecular formula is C11H14BrNO3. The third-order valence-corrected chi connectivity index (χ3v) is 2.71. The van der Waals surface area contributed by atoms with Crippen LogP contribution in [0.2, 0.25) is 0 Å². The van der Waals surface area contributed by atoms with Crippen LogP contribution in [0.15, 0.2) is 16.6 Å². The summed E-state index contributed by atoms with van der Waals surface area (Å²) in [6.07, 6.45) is 0.766. The van der Waals surface area contributed by atoms with Gasteiger partial charge < -0.3 is 15.2 Å². The number of hydrogen-bond acceptors (Lipinski definition) is 4. The van der Waals surface area contributed by atoms with Gasteiger partial charge in [0, 0.05) is 4.47 Å². The van der Waals surface area contributed by atoms with E-state index >= 15 is 0 Å². The van der Waals surface area contributed by atoms with Gasteiger partial charge >= 0.3 is 5.97 Å². The number of anilines is 1. The quantitative estimate of drug-likeness (QED) is 0.683. The second-order valence-corrected chi connectivity index (χ2v) is 4.03. The summed E-state index contributed by atoms with van der Waals surface area (Å²) in [5.41, 5.74) is 6.41. The van der Waals surface area contributed by atoms with Gasteiger partial charge in [-0.25, -0.2) is 4.79 Å². The Hall–Kier alpha value is -1.23. The first-order valence-corrected chi connectivity index (χ1v) is 5.70. The highest BCUT2D eigenvalue weighted by Crippen LogP contribution is 2.31. The second-order valence-electron chi connectivity index (χ2n) is 3.17. The van der Waals surface area contributed by atoms with Crippen molar-refractivity contribution in [2.75, 3.05) is 19.5 Å². The Morgan fingerprint density at radius 2 is 2.19 bits per heavy atom. The maximum atomic E-state index is 11.8. The lowest BCUT2D eigenvalue weighted by molar-refractivity contribution is 0.0502. The summed E-state index contributed by atoms with van der Waals surface area (Å²) in [5.74, 6) is -0.0423. The first-order valence-electron chi connectivity index (χ1n) is 4.90. The van der Waals surface area contributed by atoms with Gasteiger partial charge in [-0.1, -0.05) is 6.92 Å². The number of halogens is 1. The van der Waals surface area contributed by atoms with Crippen LogP contribution < -0.4 is 10.5 Å². The van der Waals surface area contributed by atoms with Gasteiger partial charge in [-0.05, 0) is 34.5 Å². The van der Waals surface area contributed by atoms with Crippen LogP contribution in [0.4, 0.5) is 5.69 Å². The number of benzene rings is 1. The summed E-state index contributed by atoms with van der Waals surface area (Å²) in [7, 11) is 1.49. The number of methoxy groups -OCH3 is 1. The Morgan fingerprint density at radius 1 is 1.50 bits per heavy atom. The van der Waals surface area contributed by atoms with Crippen LogP contribution in [0.1, 0.15) is 23.7 Å². The average Bonchev–Trinajstić information content (AvgIpc) is 2.29. The minimum atomic E-state index is -0.461. The molecule has 88 valence electrons. The maximum Gasteiger partial charge on any atom is 0.344 e. The number of carbonyl (C=O) groups excluding carboxylic acids is 1. The maximum absolute atomic E-state index is 11.8. The second kappa shape index (κ2) is 5.75. The predicted octanol–water partition coefficient (Wildman–Crippen LogP) is 2.61. The highest BCUT2D eigenvalue weighted by atomic mass is 79.9. The molecule has 0 spiro atoms. The molecule has 0 saturated carbocycles. The van der Waals surface area contributed by atoms with Crippen molar-refractivity contribution >= 4 is 27.6 Å². The van der Waals surface area contributed by atoms with E-state index in [0.717, 1.165) is 6.42 Å². The Kier molecular flexibility index (Phi) is 4.61. The lowest BCUT2D eigenvalue weighted by Gasteiger charge is -2.11. The van der Waals surface area contributed by atoms with E-state index in [0.29, 0.717) is 22.5 Å². The molecule has 4 nitrogen and oxygen atoms in total. The normalized spacial score (nSPS) is 9.94. The molecule has 0 atom stereocenters. The van der Waals surface area contributed by atoms with Gasteiger partial charge in [-0.15, -0.1) is 0 Å². The summed E-state index contributed by atoms with van der Waals surface area (Å²) in [5, 5.41) is 0. The van der Waals surface area contributed by atoms with E-state index in [1.807, 2.05) is 6.92 Å². The number of hydrogen-bond donors (Lipinski definition) is 1. The molecule has 0 fully saturated rings. The summed E-state index contributed by atoms with van der Waals surface area (Å²) in [6, 6.07) is 3.40. The molecular weight excluding hydrogens is 274 g/mol. The van der Waals surface area contributed by atoms with E-state index in [1.165, 1.54) is 7.11 Å². The monoisotopic (exact) mass is 287 g/mol. The smallest absolute Gasteiger partial charge is 0.344 e. The Morgan fingerprint density at radius 3 is 2.75 bits per heavy atom. The van der Waals surface area contributed by atoms with Gasteiger partial charge in [-0.3, -0.25) is 0 Å². The summed E-state index contributed by atoms with van der Waals surface area (Å²) in [4.78, 5) is 11.8. The summed E-state index contributed by atoms with van der Waals surface area (Å²) in [6.45, 7) is 2.29. The van der Waals surface area contributed by atoms with Crippen molar-refractivity contribution in [1.82, 2.24) is 0 Å². The molecule has 2 N–H and O–H groups in total. The van der Waals surface area contributed by atoms with Gasteiger partial charge in [0.1, 0.15) is 11.3 Å². The van der Waals surface area contributed by atoms with Crippen molar-refractivity contribution in [3.63, 3.8) is 0 Å². The van der Waals surface area contributed by atoms with Crippen LogP contribution in [-0.2, 0) is 4.74 Å². The molecule has 16 heavy (non-hydrogen) atoms. The van der Waals surface area contributed by atoms with E-state index in [1.54, 1.807) is 12.1 Å². The predicted molar refractivity (Wildman–Crippen MR) is 65.7 cm³/mol. The summed E-state index contributed by atoms with van der Waals surface area (Å²) < 4.78 is 10.8. The minimum Gasteiger partial charge on any atom is -0.496 e. The molecule has 1 aromatic carbocycles. The number of rotatable bonds is 4. The molecule has 0 bridgehead atoms. The van der Waals surface area contributed by atoms with E-state index in [9.17, 15) is 4.79 Å². The van der Waals surface area contributed by atoms with Crippen molar-refractivity contribution in [3.8, 4) is 5.75 Å². The van der Waals surface area contributed by atoms with E-state index < -0.39 is 5.97 Å². The molecule has 0 radical (unpaired) electrons. The van der Waals surface area contributed by atoms with Gasteiger partial charge in [0.25, 0.3) is 0 Å². The van der Waals surface area contributed by atoms with E-state index in [4.69, 9.17) is 15.2 Å². The van der Waals surface area contributed by atoms with Gasteiger partial charge in [-0.2, -0.15) is 0 Å². The Labute approximate surface area is 103 Å². The molecule has 0 aromatic heterocycles. The zero-order chi connectivity index (χ0) is 12.1. The molecule has 0 aliphatic heterocycles. The first-order chi connectivity index (χ1) is 7.61. The van der Waals surface area contributed by atoms with Gasteiger partial charge in [0.05, 0.1) is 19.4 Å². The highest BCUT2D eigenvalue weighted by molar-refractivity contribution is 9.10. The van der Waals surface area contributed by atoms with Gasteiger partial charge in [0.15, 0.2) is 0 Å². The van der Waals surface area contributed by atoms with Crippen LogP contribution in [0.25, 0.3) is 0 Å². The third-order valence-electron chi connectivity index (χ3n) is 2.02. The zero-order valence-electron chi connectivity index (χ0n) is 9.25. The largest absolute Gasteiger partial charge is 0.496 e. The van der Waals surface area contributed by atoms with Crippen molar-refractivity contribution in [1.29, 1.82) is 0 Å². The first kappa shape index (κ1) is 12.8. The van der Waals surface area contributed by atoms with Crippen LogP contribution in [-0.4, -0.2) is 19.7 Å².